The maximum atomic E-state index is 4.77. The number of para-hydroxylation sites is 2. The van der Waals surface area contributed by atoms with Crippen molar-refractivity contribution in [2.24, 2.45) is 0 Å². The van der Waals surface area contributed by atoms with E-state index in [2.05, 4.69) is 61.8 Å². The number of unbranched alkanes of at least 4 members (excludes halogenated alkanes) is 1. The van der Waals surface area contributed by atoms with Crippen molar-refractivity contribution in [1.82, 2.24) is 14.9 Å². The van der Waals surface area contributed by atoms with Gasteiger partial charge in [-0.3, -0.25) is 0 Å². The zero-order valence-electron chi connectivity index (χ0n) is 13.2. The highest BCUT2D eigenvalue weighted by atomic mass is 15.1. The molecule has 0 saturated carbocycles. The van der Waals surface area contributed by atoms with E-state index >= 15 is 0 Å². The van der Waals surface area contributed by atoms with E-state index in [1.54, 1.807) is 0 Å². The monoisotopic (exact) mass is 273 g/mol. The molecule has 2 rings (SSSR count). The molecule has 0 unspecified atom stereocenters. The highest BCUT2D eigenvalue weighted by molar-refractivity contribution is 5.75. The highest BCUT2D eigenvalue weighted by Gasteiger charge is 2.10. The van der Waals surface area contributed by atoms with Crippen LogP contribution in [-0.2, 0) is 13.0 Å². The first kappa shape index (κ1) is 15.0. The van der Waals surface area contributed by atoms with Crippen molar-refractivity contribution in [3.8, 4) is 0 Å². The van der Waals surface area contributed by atoms with Crippen LogP contribution in [0, 0.1) is 0 Å². The van der Waals surface area contributed by atoms with Crippen LogP contribution >= 0.6 is 0 Å². The molecule has 110 valence electrons. The zero-order valence-corrected chi connectivity index (χ0v) is 13.2. The number of aromatic nitrogens is 2. The topological polar surface area (TPSA) is 29.9 Å². The Hall–Kier alpha value is -1.35. The molecular formula is C17H27N3. The van der Waals surface area contributed by atoms with Gasteiger partial charge in [0, 0.05) is 18.5 Å². The van der Waals surface area contributed by atoms with Gasteiger partial charge in [-0.25, -0.2) is 4.98 Å². The van der Waals surface area contributed by atoms with Crippen molar-refractivity contribution in [2.75, 3.05) is 6.54 Å². The summed E-state index contributed by atoms with van der Waals surface area (Å²) in [6, 6.07) is 8.42. The molecule has 0 atom stereocenters. The Kier molecular flexibility index (Phi) is 4.81. The summed E-state index contributed by atoms with van der Waals surface area (Å²) < 4.78 is 2.34. The molecule has 1 aromatic heterocycles. The lowest BCUT2D eigenvalue weighted by Crippen LogP contribution is -2.36. The van der Waals surface area contributed by atoms with Crippen LogP contribution in [0.25, 0.3) is 11.0 Å². The van der Waals surface area contributed by atoms with E-state index in [0.29, 0.717) is 0 Å². The number of nitrogens with zero attached hydrogens (tertiary/aromatic N) is 2. The summed E-state index contributed by atoms with van der Waals surface area (Å²) in [4.78, 5) is 4.77. The fourth-order valence-corrected chi connectivity index (χ4v) is 2.54. The van der Waals surface area contributed by atoms with E-state index in [0.717, 1.165) is 25.0 Å². The predicted octanol–water partition coefficient (Wildman–Crippen LogP) is 3.77. The van der Waals surface area contributed by atoms with Gasteiger partial charge in [-0.2, -0.15) is 0 Å². The summed E-state index contributed by atoms with van der Waals surface area (Å²) in [5.41, 5.74) is 2.60. The summed E-state index contributed by atoms with van der Waals surface area (Å²) in [7, 11) is 0. The van der Waals surface area contributed by atoms with Crippen molar-refractivity contribution >= 4 is 11.0 Å². The molecular weight excluding hydrogens is 246 g/mol. The van der Waals surface area contributed by atoms with Gasteiger partial charge in [-0.05, 0) is 59.2 Å². The zero-order chi connectivity index (χ0) is 14.6. The smallest absolute Gasteiger partial charge is 0.109 e. The van der Waals surface area contributed by atoms with Gasteiger partial charge in [0.05, 0.1) is 11.0 Å². The number of hydrogen-bond acceptors (Lipinski definition) is 2. The highest BCUT2D eigenvalue weighted by Crippen LogP contribution is 2.17. The number of nitrogens with one attached hydrogen (secondary N) is 1. The molecule has 0 aliphatic rings. The molecule has 0 aliphatic carbocycles. The van der Waals surface area contributed by atoms with E-state index in [1.807, 2.05) is 0 Å². The Morgan fingerprint density at radius 1 is 1.15 bits per heavy atom. The fraction of sp³-hybridized carbons (Fsp3) is 0.588. The average Bonchev–Trinajstić information content (AvgIpc) is 2.74. The molecule has 3 heteroatoms. The van der Waals surface area contributed by atoms with Gasteiger partial charge in [-0.15, -0.1) is 0 Å². The lowest BCUT2D eigenvalue weighted by molar-refractivity contribution is 0.418. The third-order valence-electron chi connectivity index (χ3n) is 3.53. The SMILES string of the molecule is CCn1c(CCCCNC(C)(C)C)nc2ccccc21. The predicted molar refractivity (Wildman–Crippen MR) is 86.1 cm³/mol. The van der Waals surface area contributed by atoms with Crippen molar-refractivity contribution in [3.05, 3.63) is 30.1 Å². The standard InChI is InChI=1S/C17H27N3/c1-5-20-15-11-7-6-10-14(15)19-16(20)12-8-9-13-18-17(2,3)4/h6-7,10-11,18H,5,8-9,12-13H2,1-4H3. The van der Waals surface area contributed by atoms with Gasteiger partial charge >= 0.3 is 0 Å². The quantitative estimate of drug-likeness (QED) is 0.812. The molecule has 0 bridgehead atoms. The van der Waals surface area contributed by atoms with Crippen molar-refractivity contribution in [2.45, 2.75) is 59.0 Å². The minimum absolute atomic E-state index is 0.219. The minimum atomic E-state index is 0.219. The molecule has 0 aliphatic heterocycles. The Balaban J connectivity index is 1.93. The first-order valence-corrected chi connectivity index (χ1v) is 7.70. The number of rotatable bonds is 6. The van der Waals surface area contributed by atoms with Crippen LogP contribution in [0.4, 0.5) is 0 Å². The molecule has 1 heterocycles. The lowest BCUT2D eigenvalue weighted by atomic mass is 10.1. The van der Waals surface area contributed by atoms with Crippen LogP contribution in [0.3, 0.4) is 0 Å². The summed E-state index contributed by atoms with van der Waals surface area (Å²) in [5.74, 6) is 1.23. The van der Waals surface area contributed by atoms with Gasteiger partial charge in [-0.1, -0.05) is 12.1 Å². The third-order valence-corrected chi connectivity index (χ3v) is 3.53. The Morgan fingerprint density at radius 3 is 2.60 bits per heavy atom. The second-order valence-corrected chi connectivity index (χ2v) is 6.39. The van der Waals surface area contributed by atoms with Crippen molar-refractivity contribution < 1.29 is 0 Å². The van der Waals surface area contributed by atoms with Crippen LogP contribution < -0.4 is 5.32 Å². The molecule has 3 nitrogen and oxygen atoms in total. The Labute approximate surface area is 122 Å². The second kappa shape index (κ2) is 6.40. The largest absolute Gasteiger partial charge is 0.328 e. The van der Waals surface area contributed by atoms with Crippen LogP contribution in [0.2, 0.25) is 0 Å². The number of aryl methyl sites for hydroxylation is 2. The third kappa shape index (κ3) is 3.83. The van der Waals surface area contributed by atoms with Crippen molar-refractivity contribution in [1.29, 1.82) is 0 Å². The van der Waals surface area contributed by atoms with E-state index in [-0.39, 0.29) is 5.54 Å². The van der Waals surface area contributed by atoms with E-state index in [4.69, 9.17) is 4.98 Å². The maximum Gasteiger partial charge on any atom is 0.109 e. The van der Waals surface area contributed by atoms with Gasteiger partial charge in [0.25, 0.3) is 0 Å². The molecule has 1 N–H and O–H groups in total. The number of fused-ring (bicyclic) bond motifs is 1. The molecule has 0 spiro atoms. The van der Waals surface area contributed by atoms with Gasteiger partial charge in [0.1, 0.15) is 5.82 Å². The Bertz CT molecular complexity index is 549. The van der Waals surface area contributed by atoms with E-state index in [9.17, 15) is 0 Å². The van der Waals surface area contributed by atoms with Gasteiger partial charge in [0.2, 0.25) is 0 Å². The summed E-state index contributed by atoms with van der Waals surface area (Å²) in [6.45, 7) is 10.9. The van der Waals surface area contributed by atoms with Gasteiger partial charge < -0.3 is 9.88 Å². The Morgan fingerprint density at radius 2 is 1.90 bits per heavy atom. The number of hydrogen-bond donors (Lipinski definition) is 1. The lowest BCUT2D eigenvalue weighted by Gasteiger charge is -2.20. The van der Waals surface area contributed by atoms with Crippen LogP contribution in [0.15, 0.2) is 24.3 Å². The molecule has 0 amide bonds. The minimum Gasteiger partial charge on any atom is -0.328 e. The van der Waals surface area contributed by atoms with E-state index in [1.165, 1.54) is 24.2 Å². The molecule has 0 radical (unpaired) electrons. The fourth-order valence-electron chi connectivity index (χ4n) is 2.54. The van der Waals surface area contributed by atoms with E-state index < -0.39 is 0 Å². The number of imidazole rings is 1. The first-order chi connectivity index (χ1) is 9.51. The maximum absolute atomic E-state index is 4.77. The van der Waals surface area contributed by atoms with Crippen LogP contribution in [-0.4, -0.2) is 21.6 Å². The van der Waals surface area contributed by atoms with Crippen LogP contribution in [0.1, 0.15) is 46.4 Å². The molecule has 0 fully saturated rings. The molecule has 0 saturated heterocycles. The normalized spacial score (nSPS) is 12.2. The summed E-state index contributed by atoms with van der Waals surface area (Å²) >= 11 is 0. The molecule has 20 heavy (non-hydrogen) atoms. The first-order valence-electron chi connectivity index (χ1n) is 7.70. The molecule has 2 aromatic rings. The molecule has 1 aromatic carbocycles. The second-order valence-electron chi connectivity index (χ2n) is 6.39. The summed E-state index contributed by atoms with van der Waals surface area (Å²) in [6.07, 6.45) is 3.45. The van der Waals surface area contributed by atoms with Crippen LogP contribution in [0.5, 0.6) is 0 Å². The van der Waals surface area contributed by atoms with Crippen molar-refractivity contribution in [3.63, 3.8) is 0 Å². The average molecular weight is 273 g/mol. The summed E-state index contributed by atoms with van der Waals surface area (Å²) in [5, 5.41) is 3.54. The number of benzene rings is 1. The van der Waals surface area contributed by atoms with Gasteiger partial charge in [0.15, 0.2) is 0 Å².